The predicted molar refractivity (Wildman–Crippen MR) is 168 cm³/mol. The third kappa shape index (κ3) is 24.6. The van der Waals surface area contributed by atoms with Crippen LogP contribution in [0.15, 0.2) is 0 Å². The summed E-state index contributed by atoms with van der Waals surface area (Å²) < 4.78 is 0. The molecule has 2 fully saturated rings. The summed E-state index contributed by atoms with van der Waals surface area (Å²) in [5, 5.41) is 17.3. The Morgan fingerprint density at radius 2 is 1.24 bits per heavy atom. The topological polar surface area (TPSA) is 60.1 Å². The first-order valence-electron chi connectivity index (χ1n) is 16.8. The smallest absolute Gasteiger partial charge is 0.000826 e. The molecular formula is C32H71N5. The van der Waals surface area contributed by atoms with Crippen molar-refractivity contribution >= 4 is 0 Å². The van der Waals surface area contributed by atoms with E-state index in [9.17, 15) is 0 Å². The first-order valence-corrected chi connectivity index (χ1v) is 16.8. The second kappa shape index (κ2) is 30.3. The van der Waals surface area contributed by atoms with Gasteiger partial charge in [-0.1, -0.05) is 66.7 Å². The molecule has 0 aromatic heterocycles. The van der Waals surface area contributed by atoms with Gasteiger partial charge in [-0.05, 0) is 141 Å². The van der Waals surface area contributed by atoms with Gasteiger partial charge in [-0.25, -0.2) is 0 Å². The van der Waals surface area contributed by atoms with Crippen molar-refractivity contribution in [2.24, 2.45) is 17.8 Å². The van der Waals surface area contributed by atoms with Crippen molar-refractivity contribution in [1.29, 1.82) is 0 Å². The van der Waals surface area contributed by atoms with Gasteiger partial charge in [0.05, 0.1) is 0 Å². The molecule has 5 heteroatoms. The standard InChI is InChI=1S/C15H33N3.C15H32N2.C2H6/c1-2-9-16-10-3-4-11-17-12-5-6-15-7-13-18-14-8-15;1-3-7-14(10-11-16-4-2)8-5-6-9-15-12-17-13-15;1-2/h15-18H,2-14H2,1H3;14-17H,3-13H2,1-2H3;1-2H3. The van der Waals surface area contributed by atoms with Gasteiger partial charge in [0.1, 0.15) is 0 Å². The van der Waals surface area contributed by atoms with Gasteiger partial charge in [0.15, 0.2) is 0 Å². The van der Waals surface area contributed by atoms with Crippen LogP contribution in [0, 0.1) is 17.8 Å². The highest BCUT2D eigenvalue weighted by atomic mass is 14.9. The van der Waals surface area contributed by atoms with Crippen molar-refractivity contribution in [2.45, 2.75) is 125 Å². The molecule has 0 bridgehead atoms. The number of hydrogen-bond acceptors (Lipinski definition) is 5. The molecule has 0 radical (unpaired) electrons. The van der Waals surface area contributed by atoms with Crippen molar-refractivity contribution < 1.29 is 0 Å². The average Bonchev–Trinajstić information content (AvgIpc) is 2.91. The second-order valence-corrected chi connectivity index (χ2v) is 11.1. The van der Waals surface area contributed by atoms with Gasteiger partial charge < -0.3 is 26.6 Å². The van der Waals surface area contributed by atoms with E-state index in [2.05, 4.69) is 47.4 Å². The number of hydrogen-bond donors (Lipinski definition) is 5. The maximum atomic E-state index is 3.57. The van der Waals surface area contributed by atoms with Crippen molar-refractivity contribution in [3.8, 4) is 0 Å². The van der Waals surface area contributed by atoms with Gasteiger partial charge in [-0.15, -0.1) is 0 Å². The molecule has 2 aliphatic rings. The molecule has 0 aromatic carbocycles. The zero-order chi connectivity index (χ0) is 27.2. The lowest BCUT2D eigenvalue weighted by Gasteiger charge is -2.27. The molecule has 2 heterocycles. The number of nitrogens with one attached hydrogen (secondary N) is 5. The largest absolute Gasteiger partial charge is 0.317 e. The SMILES string of the molecule is CC.CCCC(CCCCC1CNC1)CCNCC.CCCNCCCCNCCCC1CCNCC1. The van der Waals surface area contributed by atoms with Crippen molar-refractivity contribution in [1.82, 2.24) is 26.6 Å². The van der Waals surface area contributed by atoms with Crippen LogP contribution in [0.5, 0.6) is 0 Å². The maximum absolute atomic E-state index is 3.57. The Bertz CT molecular complexity index is 410. The molecule has 5 nitrogen and oxygen atoms in total. The van der Waals surface area contributed by atoms with E-state index in [0.29, 0.717) is 0 Å². The fourth-order valence-electron chi connectivity index (χ4n) is 5.36. The molecule has 224 valence electrons. The van der Waals surface area contributed by atoms with Gasteiger partial charge in [0, 0.05) is 0 Å². The Morgan fingerprint density at radius 1 is 0.595 bits per heavy atom. The highest BCUT2D eigenvalue weighted by Crippen LogP contribution is 2.21. The molecule has 5 N–H and O–H groups in total. The molecule has 2 saturated heterocycles. The molecule has 0 aromatic rings. The lowest BCUT2D eigenvalue weighted by atomic mass is 9.90. The van der Waals surface area contributed by atoms with E-state index < -0.39 is 0 Å². The molecule has 0 saturated carbocycles. The van der Waals surface area contributed by atoms with Crippen LogP contribution in [0.2, 0.25) is 0 Å². The van der Waals surface area contributed by atoms with Gasteiger partial charge in [-0.3, -0.25) is 0 Å². The lowest BCUT2D eigenvalue weighted by Crippen LogP contribution is -2.41. The summed E-state index contributed by atoms with van der Waals surface area (Å²) in [6.07, 6.45) is 19.4. The first kappa shape index (κ1) is 36.8. The maximum Gasteiger partial charge on any atom is -0.000826 e. The predicted octanol–water partition coefficient (Wildman–Crippen LogP) is 6.34. The van der Waals surface area contributed by atoms with Crippen LogP contribution >= 0.6 is 0 Å². The average molecular weight is 526 g/mol. The molecule has 0 aliphatic carbocycles. The summed E-state index contributed by atoms with van der Waals surface area (Å²) >= 11 is 0. The molecule has 2 rings (SSSR count). The van der Waals surface area contributed by atoms with Crippen LogP contribution in [0.1, 0.15) is 125 Å². The van der Waals surface area contributed by atoms with Gasteiger partial charge in [0.25, 0.3) is 0 Å². The highest BCUT2D eigenvalue weighted by Gasteiger charge is 2.16. The first-order chi connectivity index (χ1) is 18.3. The quantitative estimate of drug-likeness (QED) is 0.107. The Morgan fingerprint density at radius 3 is 1.84 bits per heavy atom. The molecule has 1 atom stereocenters. The molecule has 1 unspecified atom stereocenters. The van der Waals surface area contributed by atoms with Crippen molar-refractivity contribution in [2.75, 3.05) is 65.4 Å². The number of rotatable bonds is 22. The van der Waals surface area contributed by atoms with E-state index in [-0.39, 0.29) is 0 Å². The van der Waals surface area contributed by atoms with Crippen LogP contribution in [0.3, 0.4) is 0 Å². The Hall–Kier alpha value is -0.200. The van der Waals surface area contributed by atoms with E-state index >= 15 is 0 Å². The molecule has 2 aliphatic heterocycles. The van der Waals surface area contributed by atoms with Crippen LogP contribution < -0.4 is 26.6 Å². The fourth-order valence-corrected chi connectivity index (χ4v) is 5.36. The van der Waals surface area contributed by atoms with Gasteiger partial charge in [0.2, 0.25) is 0 Å². The monoisotopic (exact) mass is 526 g/mol. The minimum atomic E-state index is 0.971. The Labute approximate surface area is 234 Å². The molecule has 0 spiro atoms. The van der Waals surface area contributed by atoms with E-state index in [1.165, 1.54) is 149 Å². The highest BCUT2D eigenvalue weighted by molar-refractivity contribution is 4.74. The van der Waals surface area contributed by atoms with Crippen LogP contribution in [-0.4, -0.2) is 65.4 Å². The zero-order valence-electron chi connectivity index (χ0n) is 26.2. The summed E-state index contributed by atoms with van der Waals surface area (Å²) in [7, 11) is 0. The molecular weight excluding hydrogens is 454 g/mol. The fraction of sp³-hybridized carbons (Fsp3) is 1.00. The Kier molecular flexibility index (Phi) is 30.2. The summed E-state index contributed by atoms with van der Waals surface area (Å²) in [6, 6.07) is 0. The summed E-state index contributed by atoms with van der Waals surface area (Å²) in [4.78, 5) is 0. The zero-order valence-corrected chi connectivity index (χ0v) is 26.2. The third-order valence-electron chi connectivity index (χ3n) is 7.83. The minimum absolute atomic E-state index is 0.971. The van der Waals surface area contributed by atoms with E-state index in [1.807, 2.05) is 13.8 Å². The van der Waals surface area contributed by atoms with E-state index in [1.54, 1.807) is 0 Å². The third-order valence-corrected chi connectivity index (χ3v) is 7.83. The number of piperidine rings is 1. The Balaban J connectivity index is 0.000000657. The van der Waals surface area contributed by atoms with Gasteiger partial charge >= 0.3 is 0 Å². The normalized spacial score (nSPS) is 16.8. The number of unbranched alkanes of at least 4 members (excludes halogenated alkanes) is 2. The van der Waals surface area contributed by atoms with Crippen molar-refractivity contribution in [3.63, 3.8) is 0 Å². The van der Waals surface area contributed by atoms with Crippen LogP contribution in [0.25, 0.3) is 0 Å². The minimum Gasteiger partial charge on any atom is -0.317 e. The van der Waals surface area contributed by atoms with Crippen LogP contribution in [0.4, 0.5) is 0 Å². The molecule has 0 amide bonds. The van der Waals surface area contributed by atoms with Crippen molar-refractivity contribution in [3.05, 3.63) is 0 Å². The van der Waals surface area contributed by atoms with Gasteiger partial charge in [-0.2, -0.15) is 0 Å². The van der Waals surface area contributed by atoms with Crippen LogP contribution in [-0.2, 0) is 0 Å². The second-order valence-electron chi connectivity index (χ2n) is 11.1. The van der Waals surface area contributed by atoms with E-state index in [0.717, 1.165) is 24.3 Å². The summed E-state index contributed by atoms with van der Waals surface area (Å²) in [5.74, 6) is 2.96. The summed E-state index contributed by atoms with van der Waals surface area (Å²) in [6.45, 7) is 22.9. The van der Waals surface area contributed by atoms with E-state index in [4.69, 9.17) is 0 Å². The summed E-state index contributed by atoms with van der Waals surface area (Å²) in [5.41, 5.74) is 0. The lowest BCUT2D eigenvalue weighted by molar-refractivity contribution is 0.307. The molecule has 37 heavy (non-hydrogen) atoms.